The molecule has 0 amide bonds. The van der Waals surface area contributed by atoms with Gasteiger partial charge in [-0.3, -0.25) is 0 Å². The Kier molecular flexibility index (Phi) is 9.73. The van der Waals surface area contributed by atoms with Crippen molar-refractivity contribution in [2.75, 3.05) is 26.4 Å². The van der Waals surface area contributed by atoms with Crippen LogP contribution in [0.15, 0.2) is 12.1 Å². The van der Waals surface area contributed by atoms with Crippen LogP contribution in [0.5, 0.6) is 5.75 Å². The van der Waals surface area contributed by atoms with Crippen LogP contribution < -0.4 is 4.52 Å². The van der Waals surface area contributed by atoms with Gasteiger partial charge < -0.3 is 24.9 Å². The van der Waals surface area contributed by atoms with Gasteiger partial charge in [0.2, 0.25) is 0 Å². The van der Waals surface area contributed by atoms with Gasteiger partial charge in [-0.1, -0.05) is 59.2 Å². The molecule has 0 aliphatic carbocycles. The van der Waals surface area contributed by atoms with Gasteiger partial charge in [-0.15, -0.1) is 0 Å². The Bertz CT molecular complexity index is 502. The summed E-state index contributed by atoms with van der Waals surface area (Å²) in [6, 6.07) is 4.46. The number of hydrogen-bond donors (Lipinski definition) is 4. The Labute approximate surface area is 160 Å². The third-order valence-electron chi connectivity index (χ3n) is 4.31. The van der Waals surface area contributed by atoms with Crippen molar-refractivity contribution in [3.05, 3.63) is 28.8 Å². The van der Waals surface area contributed by atoms with Gasteiger partial charge in [-0.2, -0.15) is 0 Å². The Morgan fingerprint density at radius 3 is 1.23 bits per heavy atom. The van der Waals surface area contributed by atoms with Gasteiger partial charge >= 0.3 is 0 Å². The van der Waals surface area contributed by atoms with E-state index in [0.29, 0.717) is 0 Å². The van der Waals surface area contributed by atoms with Crippen molar-refractivity contribution in [2.24, 2.45) is 5.41 Å². The van der Waals surface area contributed by atoms with Crippen molar-refractivity contribution < 1.29 is 24.9 Å². The van der Waals surface area contributed by atoms with Crippen LogP contribution in [0.4, 0.5) is 0 Å². The van der Waals surface area contributed by atoms with Crippen LogP contribution in [-0.2, 0) is 10.8 Å². The molecule has 0 fully saturated rings. The summed E-state index contributed by atoms with van der Waals surface area (Å²) >= 11 is 0. The van der Waals surface area contributed by atoms with E-state index in [4.69, 9.17) is 24.9 Å². The van der Waals surface area contributed by atoms with Crippen molar-refractivity contribution in [3.63, 3.8) is 0 Å². The lowest BCUT2D eigenvalue weighted by molar-refractivity contribution is -0.0328. The molecular weight excluding hydrogens is 351 g/mol. The molecule has 4 N–H and O–H groups in total. The first kappa shape index (κ1) is 25.3. The van der Waals surface area contributed by atoms with Crippen molar-refractivity contribution in [1.29, 1.82) is 0 Å². The zero-order valence-electron chi connectivity index (χ0n) is 17.3. The highest BCUT2D eigenvalue weighted by molar-refractivity contribution is 7.10. The third-order valence-corrected chi connectivity index (χ3v) is 4.54. The molecule has 0 saturated heterocycles. The Hall–Kier alpha value is -0.710. The highest BCUT2D eigenvalue weighted by atomic mass is 31.0. The van der Waals surface area contributed by atoms with Crippen LogP contribution in [0.25, 0.3) is 0 Å². The summed E-state index contributed by atoms with van der Waals surface area (Å²) in [5.41, 5.74) is 2.93. The maximum Gasteiger partial charge on any atom is 0.129 e. The highest BCUT2D eigenvalue weighted by Crippen LogP contribution is 2.41. The summed E-state index contributed by atoms with van der Waals surface area (Å²) in [5.74, 6) is 1.01. The first-order valence-corrected chi connectivity index (χ1v) is 9.25. The van der Waals surface area contributed by atoms with E-state index in [1.54, 1.807) is 0 Å². The van der Waals surface area contributed by atoms with Crippen molar-refractivity contribution in [1.82, 2.24) is 0 Å². The van der Waals surface area contributed by atoms with E-state index in [2.05, 4.69) is 70.1 Å². The third kappa shape index (κ3) is 6.79. The number of benzene rings is 1. The molecule has 1 unspecified atom stereocenters. The number of aryl methyl sites for hydroxylation is 1. The van der Waals surface area contributed by atoms with E-state index in [1.165, 1.54) is 16.7 Å². The number of aliphatic hydroxyl groups is 4. The fraction of sp³-hybridized carbons (Fsp3) is 0.700. The monoisotopic (exact) mass is 388 g/mol. The largest absolute Gasteiger partial charge is 0.480 e. The fourth-order valence-electron chi connectivity index (χ4n) is 2.31. The minimum atomic E-state index is -1.11. The van der Waals surface area contributed by atoms with Gasteiger partial charge in [0, 0.05) is 11.1 Å². The minimum Gasteiger partial charge on any atom is -0.480 e. The molecule has 0 radical (unpaired) electrons. The molecule has 152 valence electrons. The predicted molar refractivity (Wildman–Crippen MR) is 110 cm³/mol. The Morgan fingerprint density at radius 1 is 0.769 bits per heavy atom. The molecule has 0 aromatic heterocycles. The summed E-state index contributed by atoms with van der Waals surface area (Å²) in [6.07, 6.45) is 0. The number of aliphatic hydroxyl groups excluding tert-OH is 4. The maximum absolute atomic E-state index is 8.50. The molecule has 0 heterocycles. The molecule has 0 aliphatic heterocycles. The van der Waals surface area contributed by atoms with Crippen molar-refractivity contribution in [2.45, 2.75) is 59.3 Å². The Balaban J connectivity index is 0.000000590. The summed E-state index contributed by atoms with van der Waals surface area (Å²) in [5, 5.41) is 34.0. The van der Waals surface area contributed by atoms with Gasteiger partial charge in [-0.25, -0.2) is 0 Å². The highest BCUT2D eigenvalue weighted by Gasteiger charge is 2.27. The first-order chi connectivity index (χ1) is 11.8. The van der Waals surface area contributed by atoms with Crippen LogP contribution in [0.2, 0.25) is 0 Å². The van der Waals surface area contributed by atoms with Gasteiger partial charge in [0.15, 0.2) is 0 Å². The van der Waals surface area contributed by atoms with E-state index < -0.39 is 31.8 Å². The average molecular weight is 388 g/mol. The lowest BCUT2D eigenvalue weighted by Crippen LogP contribution is -2.37. The zero-order chi connectivity index (χ0) is 20.8. The molecule has 6 heteroatoms. The second-order valence-corrected chi connectivity index (χ2v) is 9.18. The molecule has 5 nitrogen and oxygen atoms in total. The minimum absolute atomic E-state index is 0.0952. The molecular formula is C20H37O5P. The molecule has 1 rings (SSSR count). The van der Waals surface area contributed by atoms with Crippen LogP contribution in [-0.4, -0.2) is 46.9 Å². The molecule has 0 aliphatic rings. The van der Waals surface area contributed by atoms with E-state index in [1.807, 2.05) is 0 Å². The summed E-state index contributed by atoms with van der Waals surface area (Å²) in [4.78, 5) is 0. The Morgan fingerprint density at radius 2 is 1.08 bits per heavy atom. The second-order valence-electron chi connectivity index (χ2n) is 8.94. The molecule has 26 heavy (non-hydrogen) atoms. The van der Waals surface area contributed by atoms with Gasteiger partial charge in [0.1, 0.15) is 5.75 Å². The van der Waals surface area contributed by atoms with Gasteiger partial charge in [0.05, 0.1) is 41.3 Å². The summed E-state index contributed by atoms with van der Waals surface area (Å²) < 4.78 is 5.60. The van der Waals surface area contributed by atoms with Crippen molar-refractivity contribution >= 4 is 9.47 Å². The molecule has 1 aromatic rings. The van der Waals surface area contributed by atoms with E-state index >= 15 is 0 Å². The molecule has 0 spiro atoms. The number of hydrogen-bond acceptors (Lipinski definition) is 5. The van der Waals surface area contributed by atoms with Gasteiger partial charge in [0.25, 0.3) is 0 Å². The van der Waals surface area contributed by atoms with Crippen LogP contribution in [0, 0.1) is 12.3 Å². The van der Waals surface area contributed by atoms with Crippen LogP contribution in [0.3, 0.4) is 0 Å². The smallest absolute Gasteiger partial charge is 0.129 e. The zero-order valence-corrected chi connectivity index (χ0v) is 18.4. The first-order valence-electron chi connectivity index (χ1n) is 8.77. The standard InChI is InChI=1S/C15H25OP.C5H12O4/c1-10-8-11(14(2,3)4)13(16-17)12(9-10)15(5,6)7;6-1-5(2-7,3-8)4-9/h8-9H,17H2,1-7H3;6-9H,1-4H2. The lowest BCUT2D eigenvalue weighted by atomic mass is 9.78. The van der Waals surface area contributed by atoms with Crippen molar-refractivity contribution in [3.8, 4) is 5.75 Å². The summed E-state index contributed by atoms with van der Waals surface area (Å²) in [6.45, 7) is 13.9. The van der Waals surface area contributed by atoms with E-state index in [9.17, 15) is 0 Å². The average Bonchev–Trinajstić information content (AvgIpc) is 2.56. The van der Waals surface area contributed by atoms with E-state index in [0.717, 1.165) is 5.75 Å². The fourth-order valence-corrected chi connectivity index (χ4v) is 2.57. The molecule has 0 saturated carbocycles. The SMILES string of the molecule is Cc1cc(C(C)(C)C)c(OP)c(C(C)(C)C)c1.OCC(CO)(CO)CO. The molecule has 1 atom stereocenters. The second kappa shape index (κ2) is 10.0. The van der Waals surface area contributed by atoms with Gasteiger partial charge in [-0.05, 0) is 17.8 Å². The maximum atomic E-state index is 8.50. The quantitative estimate of drug-likeness (QED) is 0.583. The summed E-state index contributed by atoms with van der Waals surface area (Å²) in [7, 11) is 2.39. The topological polar surface area (TPSA) is 90.2 Å². The molecule has 1 aromatic carbocycles. The van der Waals surface area contributed by atoms with E-state index in [-0.39, 0.29) is 10.8 Å². The number of rotatable bonds is 5. The van der Waals surface area contributed by atoms with Crippen LogP contribution in [0.1, 0.15) is 58.2 Å². The predicted octanol–water partition coefficient (Wildman–Crippen LogP) is 2.70. The molecule has 0 bridgehead atoms. The normalized spacial score (nSPS) is 12.5. The van der Waals surface area contributed by atoms with Crippen LogP contribution >= 0.6 is 9.47 Å². The lowest BCUT2D eigenvalue weighted by Gasteiger charge is -2.29.